The first kappa shape index (κ1) is 54.5. The molecule has 10 fully saturated rings. The van der Waals surface area contributed by atoms with Gasteiger partial charge in [0.15, 0.2) is 18.9 Å². The predicted octanol–water partition coefficient (Wildman–Crippen LogP) is -2.03. The van der Waals surface area contributed by atoms with Crippen molar-refractivity contribution in [2.45, 2.75) is 227 Å². The highest BCUT2D eigenvalue weighted by molar-refractivity contribution is 5.16. The first-order valence-corrected chi connectivity index (χ1v) is 27.2. The summed E-state index contributed by atoms with van der Waals surface area (Å²) in [5.41, 5.74) is 0.166. The lowest BCUT2D eigenvalue weighted by Crippen LogP contribution is -2.68. The molecule has 0 radical (unpaired) electrons. The molecule has 31 atom stereocenters. The fourth-order valence-corrected chi connectivity index (χ4v) is 16.5. The number of hydrogen-bond acceptors (Lipinski definition) is 21. The van der Waals surface area contributed by atoms with Gasteiger partial charge in [0.05, 0.1) is 44.2 Å². The number of rotatable bonds is 11. The minimum Gasteiger partial charge on any atom is -0.396 e. The predicted molar refractivity (Wildman–Crippen MR) is 248 cm³/mol. The molecule has 5 aliphatic heterocycles. The summed E-state index contributed by atoms with van der Waals surface area (Å²) in [6.45, 7) is 8.17. The van der Waals surface area contributed by atoms with Gasteiger partial charge in [0.25, 0.3) is 0 Å². The fourth-order valence-electron chi connectivity index (χ4n) is 16.5. The van der Waals surface area contributed by atoms with Gasteiger partial charge in [-0.3, -0.25) is 5.32 Å². The SMILES string of the molecule is CC1CCC2(NC1)OC1CC3C4CCC5CC(OC6OC(CO)C(OC7OC(CO)C(O)C(OC8OCC(O)C(O)C8O)C7OC7CC(CO)C(O)C(O)C7O)C(O)C6O)CCC5(C)C4CCC3(C)C1C2C. The summed E-state index contributed by atoms with van der Waals surface area (Å²) >= 11 is 0. The van der Waals surface area contributed by atoms with Gasteiger partial charge in [0, 0.05) is 25.0 Å². The van der Waals surface area contributed by atoms with Crippen LogP contribution < -0.4 is 5.32 Å². The van der Waals surface area contributed by atoms with Crippen LogP contribution in [-0.2, 0) is 37.9 Å². The summed E-state index contributed by atoms with van der Waals surface area (Å²) in [4.78, 5) is 0. The first-order chi connectivity index (χ1) is 34.3. The van der Waals surface area contributed by atoms with Gasteiger partial charge in [-0.2, -0.15) is 0 Å². The lowest BCUT2D eigenvalue weighted by Gasteiger charge is -2.61. The molecule has 0 aromatic heterocycles. The Hall–Kier alpha value is -0.840. The van der Waals surface area contributed by atoms with Crippen LogP contribution in [0.3, 0.4) is 0 Å². The molecular weight excluding hydrogens is 947 g/mol. The Kier molecular flexibility index (Phi) is 16.0. The van der Waals surface area contributed by atoms with E-state index in [1.807, 2.05) is 0 Å². The van der Waals surface area contributed by atoms with Crippen LogP contribution in [0.2, 0.25) is 0 Å². The van der Waals surface area contributed by atoms with Crippen LogP contribution in [0.15, 0.2) is 0 Å². The van der Waals surface area contributed by atoms with E-state index < -0.39 is 143 Å². The highest BCUT2D eigenvalue weighted by Gasteiger charge is 2.69. The lowest BCUT2D eigenvalue weighted by molar-refractivity contribution is -0.388. The second-order valence-electron chi connectivity index (χ2n) is 24.5. The van der Waals surface area contributed by atoms with Crippen molar-refractivity contribution in [1.29, 1.82) is 0 Å². The Bertz CT molecular complexity index is 1830. The Balaban J connectivity index is 0.812. The van der Waals surface area contributed by atoms with Crippen molar-refractivity contribution in [2.24, 2.45) is 58.2 Å². The van der Waals surface area contributed by atoms with Crippen molar-refractivity contribution in [3.63, 3.8) is 0 Å². The monoisotopic (exact) mass is 1030 g/mol. The van der Waals surface area contributed by atoms with Gasteiger partial charge in [0.1, 0.15) is 85.1 Å². The Morgan fingerprint density at radius 2 is 1.28 bits per heavy atom. The molecule has 5 saturated heterocycles. The van der Waals surface area contributed by atoms with E-state index in [1.54, 1.807) is 0 Å². The van der Waals surface area contributed by atoms with Crippen LogP contribution in [0, 0.1) is 58.2 Å². The molecule has 5 aliphatic carbocycles. The Morgan fingerprint density at radius 3 is 1.99 bits per heavy atom. The fraction of sp³-hybridized carbons (Fsp3) is 1.00. The Labute approximate surface area is 421 Å². The maximum absolute atomic E-state index is 11.8. The highest BCUT2D eigenvalue weighted by atomic mass is 16.8. The molecular formula is C51H85NO20. The van der Waals surface area contributed by atoms with Gasteiger partial charge in [-0.25, -0.2) is 0 Å². The largest absolute Gasteiger partial charge is 0.396 e. The van der Waals surface area contributed by atoms with E-state index in [-0.39, 0.29) is 29.1 Å². The van der Waals surface area contributed by atoms with Crippen LogP contribution in [0.5, 0.6) is 0 Å². The van der Waals surface area contributed by atoms with Gasteiger partial charge in [-0.05, 0) is 117 Å². The van der Waals surface area contributed by atoms with E-state index in [9.17, 15) is 61.3 Å². The van der Waals surface area contributed by atoms with Gasteiger partial charge < -0.3 is 99.2 Å². The van der Waals surface area contributed by atoms with Crippen LogP contribution in [0.25, 0.3) is 0 Å². The zero-order valence-corrected chi connectivity index (χ0v) is 42.1. The van der Waals surface area contributed by atoms with Gasteiger partial charge in [-0.15, -0.1) is 0 Å². The van der Waals surface area contributed by atoms with E-state index >= 15 is 0 Å². The van der Waals surface area contributed by atoms with Crippen LogP contribution in [-0.4, -0.2) is 223 Å². The molecule has 414 valence electrons. The molecule has 0 amide bonds. The molecule has 0 aromatic carbocycles. The number of aliphatic hydroxyl groups excluding tert-OH is 12. The summed E-state index contributed by atoms with van der Waals surface area (Å²) < 4.78 is 49.9. The summed E-state index contributed by atoms with van der Waals surface area (Å²) in [5.74, 6) is 2.93. The third kappa shape index (κ3) is 9.27. The molecule has 72 heavy (non-hydrogen) atoms. The maximum Gasteiger partial charge on any atom is 0.187 e. The number of piperidine rings is 1. The molecule has 21 nitrogen and oxygen atoms in total. The first-order valence-electron chi connectivity index (χ1n) is 27.2. The lowest BCUT2D eigenvalue weighted by atomic mass is 9.44. The molecule has 5 heterocycles. The number of ether oxygens (including phenoxy) is 8. The van der Waals surface area contributed by atoms with Crippen molar-refractivity contribution in [3.05, 3.63) is 0 Å². The maximum atomic E-state index is 11.8. The Morgan fingerprint density at radius 1 is 0.569 bits per heavy atom. The number of fused-ring (bicyclic) bond motifs is 7. The van der Waals surface area contributed by atoms with Crippen LogP contribution >= 0.6 is 0 Å². The zero-order valence-electron chi connectivity index (χ0n) is 42.1. The molecule has 0 aromatic rings. The summed E-state index contributed by atoms with van der Waals surface area (Å²) in [5, 5.41) is 134. The number of hydrogen-bond donors (Lipinski definition) is 13. The molecule has 10 rings (SSSR count). The van der Waals surface area contributed by atoms with E-state index in [1.165, 1.54) is 19.3 Å². The molecule has 21 heteroatoms. The summed E-state index contributed by atoms with van der Waals surface area (Å²) in [6.07, 6.45) is -19.4. The average Bonchev–Trinajstić information content (AvgIpc) is 3.82. The summed E-state index contributed by atoms with van der Waals surface area (Å²) in [7, 11) is 0. The molecule has 31 unspecified atom stereocenters. The van der Waals surface area contributed by atoms with E-state index in [0.717, 1.165) is 51.5 Å². The van der Waals surface area contributed by atoms with Gasteiger partial charge in [0.2, 0.25) is 0 Å². The van der Waals surface area contributed by atoms with Crippen LogP contribution in [0.1, 0.15) is 98.3 Å². The van der Waals surface area contributed by atoms with Crippen molar-refractivity contribution in [2.75, 3.05) is 33.0 Å². The van der Waals surface area contributed by atoms with E-state index in [4.69, 9.17) is 37.9 Å². The van der Waals surface area contributed by atoms with E-state index in [0.29, 0.717) is 47.5 Å². The normalized spacial score (nSPS) is 57.8. The molecule has 0 bridgehead atoms. The summed E-state index contributed by atoms with van der Waals surface area (Å²) in [6, 6.07) is 0. The van der Waals surface area contributed by atoms with Gasteiger partial charge >= 0.3 is 0 Å². The molecule has 10 aliphatic rings. The second-order valence-corrected chi connectivity index (χ2v) is 24.5. The third-order valence-corrected chi connectivity index (χ3v) is 20.7. The van der Waals surface area contributed by atoms with Crippen LogP contribution in [0.4, 0.5) is 0 Å². The zero-order chi connectivity index (χ0) is 51.3. The molecule has 1 spiro atoms. The molecule has 13 N–H and O–H groups in total. The van der Waals surface area contributed by atoms with Crippen molar-refractivity contribution in [1.82, 2.24) is 5.32 Å². The standard InChI is InChI=1S/C51H85NO20/c1-21-7-12-51(52-16-21)22(2)34-30(72-51)15-28-26-6-5-24-14-25(8-10-49(24,3)27(26)9-11-50(28,34)4)66-47-42(64)40(62)43(33(19-55)69-47)70-48-45(67-31-13-23(17-53)35(57)39(61)37(31)59)44(38(60)32(18-54)68-48)71-46-41(63)36(58)29(56)20-65-46/h21-48,52-64H,5-20H2,1-4H3. The topological polar surface area (TPSA) is 329 Å². The van der Waals surface area contributed by atoms with Crippen molar-refractivity contribution < 1.29 is 99.2 Å². The minimum absolute atomic E-state index is 0.113. The van der Waals surface area contributed by atoms with Gasteiger partial charge in [-0.1, -0.05) is 27.7 Å². The van der Waals surface area contributed by atoms with Crippen molar-refractivity contribution in [3.8, 4) is 0 Å². The number of aliphatic hydroxyl groups is 12. The molecule has 5 saturated carbocycles. The third-order valence-electron chi connectivity index (χ3n) is 20.7. The average molecular weight is 1030 g/mol. The van der Waals surface area contributed by atoms with Crippen molar-refractivity contribution >= 4 is 0 Å². The highest BCUT2D eigenvalue weighted by Crippen LogP contribution is 2.71. The second kappa shape index (κ2) is 21.1. The minimum atomic E-state index is -1.86. The smallest absolute Gasteiger partial charge is 0.187 e. The number of nitrogens with one attached hydrogen (secondary N) is 1. The quantitative estimate of drug-likeness (QED) is 0.0993. The van der Waals surface area contributed by atoms with E-state index in [2.05, 4.69) is 33.0 Å².